The first-order valence-electron chi connectivity index (χ1n) is 10.1. The third-order valence-corrected chi connectivity index (χ3v) is 4.93. The highest BCUT2D eigenvalue weighted by molar-refractivity contribution is 5.87. The Bertz CT molecular complexity index is 1120. The molecule has 0 aliphatic carbocycles. The van der Waals surface area contributed by atoms with Crippen molar-refractivity contribution in [1.29, 1.82) is 0 Å². The minimum Gasteiger partial charge on any atom is -0.493 e. The van der Waals surface area contributed by atoms with Gasteiger partial charge in [-0.05, 0) is 36.2 Å². The molecule has 0 saturated heterocycles. The number of carbonyl (C=O) groups is 1. The van der Waals surface area contributed by atoms with Crippen LogP contribution in [0.1, 0.15) is 31.0 Å². The molecule has 3 rings (SSSR count). The number of nitrogens with zero attached hydrogens (tertiary/aromatic N) is 2. The molecule has 1 N–H and O–H groups in total. The van der Waals surface area contributed by atoms with E-state index in [0.717, 1.165) is 24.1 Å². The van der Waals surface area contributed by atoms with E-state index in [4.69, 9.17) is 14.2 Å². The molecule has 0 spiro atoms. The number of benzene rings is 2. The predicted octanol–water partition coefficient (Wildman–Crippen LogP) is 3.89. The van der Waals surface area contributed by atoms with E-state index in [1.54, 1.807) is 26.3 Å². The van der Waals surface area contributed by atoms with Crippen LogP contribution < -0.4 is 20.3 Å². The fourth-order valence-electron chi connectivity index (χ4n) is 3.24. The number of methoxy groups -OCH3 is 2. The van der Waals surface area contributed by atoms with Crippen molar-refractivity contribution in [1.82, 2.24) is 9.78 Å². The van der Waals surface area contributed by atoms with Gasteiger partial charge in [-0.1, -0.05) is 25.5 Å². The minimum atomic E-state index is -0.465. The van der Waals surface area contributed by atoms with E-state index in [0.29, 0.717) is 41.0 Å². The van der Waals surface area contributed by atoms with Crippen molar-refractivity contribution in [2.45, 2.75) is 26.2 Å². The van der Waals surface area contributed by atoms with Gasteiger partial charge in [0.2, 0.25) is 0 Å². The minimum absolute atomic E-state index is 0.208. The standard InChI is InChI=1S/C23H27N3O5/c1-5-6-11-31-23(28)24-16-9-7-15(8-10-16)12-19-17-13-20(29-3)21(30-4)14-18(17)22(27)26(2)25-19/h7-10,13-14H,5-6,11-12H2,1-4H3,(H,24,28). The molecule has 2 aromatic carbocycles. The summed E-state index contributed by atoms with van der Waals surface area (Å²) in [5, 5.41) is 8.39. The molecule has 31 heavy (non-hydrogen) atoms. The molecule has 164 valence electrons. The summed E-state index contributed by atoms with van der Waals surface area (Å²) in [7, 11) is 4.71. The maximum absolute atomic E-state index is 12.6. The van der Waals surface area contributed by atoms with Crippen molar-refractivity contribution in [2.24, 2.45) is 7.05 Å². The summed E-state index contributed by atoms with van der Waals surface area (Å²) < 4.78 is 17.2. The Morgan fingerprint density at radius 3 is 2.32 bits per heavy atom. The summed E-state index contributed by atoms with van der Waals surface area (Å²) >= 11 is 0. The fourth-order valence-corrected chi connectivity index (χ4v) is 3.24. The Hall–Kier alpha value is -3.55. The van der Waals surface area contributed by atoms with Crippen molar-refractivity contribution in [3.05, 3.63) is 58.0 Å². The molecular weight excluding hydrogens is 398 g/mol. The molecule has 0 atom stereocenters. The van der Waals surface area contributed by atoms with Gasteiger partial charge in [0.05, 0.1) is 31.9 Å². The molecule has 1 aromatic heterocycles. The Morgan fingerprint density at radius 2 is 1.71 bits per heavy atom. The van der Waals surface area contributed by atoms with Crippen LogP contribution in [-0.2, 0) is 18.2 Å². The average molecular weight is 425 g/mol. The first kappa shape index (κ1) is 22.1. The third-order valence-electron chi connectivity index (χ3n) is 4.93. The number of amides is 1. The van der Waals surface area contributed by atoms with Crippen LogP contribution in [0.25, 0.3) is 10.8 Å². The molecule has 3 aromatic rings. The maximum atomic E-state index is 12.6. The summed E-state index contributed by atoms with van der Waals surface area (Å²) in [6.45, 7) is 2.44. The second-order valence-corrected chi connectivity index (χ2v) is 7.12. The van der Waals surface area contributed by atoms with E-state index in [1.807, 2.05) is 31.2 Å². The number of rotatable bonds is 8. The lowest BCUT2D eigenvalue weighted by atomic mass is 10.0. The molecule has 0 aliphatic rings. The number of anilines is 1. The van der Waals surface area contributed by atoms with E-state index < -0.39 is 6.09 Å². The average Bonchev–Trinajstić information content (AvgIpc) is 2.77. The van der Waals surface area contributed by atoms with Crippen LogP contribution >= 0.6 is 0 Å². The number of unbranched alkanes of at least 4 members (excludes halogenated alkanes) is 1. The van der Waals surface area contributed by atoms with Gasteiger partial charge in [-0.3, -0.25) is 10.1 Å². The summed E-state index contributed by atoms with van der Waals surface area (Å²) in [6.07, 6.45) is 1.84. The largest absolute Gasteiger partial charge is 0.493 e. The van der Waals surface area contributed by atoms with Gasteiger partial charge >= 0.3 is 6.09 Å². The molecule has 0 unspecified atom stereocenters. The first-order valence-corrected chi connectivity index (χ1v) is 10.1. The van der Waals surface area contributed by atoms with Crippen LogP contribution in [0.5, 0.6) is 11.5 Å². The molecule has 0 fully saturated rings. The van der Waals surface area contributed by atoms with Crippen molar-refractivity contribution in [2.75, 3.05) is 26.1 Å². The number of carbonyl (C=O) groups excluding carboxylic acids is 1. The number of ether oxygens (including phenoxy) is 3. The van der Waals surface area contributed by atoms with Crippen LogP contribution in [-0.4, -0.2) is 36.7 Å². The van der Waals surface area contributed by atoms with Gasteiger partial charge < -0.3 is 14.2 Å². The van der Waals surface area contributed by atoms with Gasteiger partial charge in [-0.25, -0.2) is 9.48 Å². The van der Waals surface area contributed by atoms with Crippen molar-refractivity contribution in [3.8, 4) is 11.5 Å². The molecule has 0 bridgehead atoms. The smallest absolute Gasteiger partial charge is 0.411 e. The molecule has 8 nitrogen and oxygen atoms in total. The summed E-state index contributed by atoms with van der Waals surface area (Å²) in [5.41, 5.74) is 2.15. The first-order chi connectivity index (χ1) is 15.0. The second-order valence-electron chi connectivity index (χ2n) is 7.12. The zero-order valence-corrected chi connectivity index (χ0v) is 18.2. The van der Waals surface area contributed by atoms with E-state index in [9.17, 15) is 9.59 Å². The summed E-state index contributed by atoms with van der Waals surface area (Å²) in [4.78, 5) is 24.4. The lowest BCUT2D eigenvalue weighted by Gasteiger charge is -2.13. The van der Waals surface area contributed by atoms with Gasteiger partial charge in [0, 0.05) is 24.5 Å². The number of fused-ring (bicyclic) bond motifs is 1. The van der Waals surface area contributed by atoms with E-state index in [2.05, 4.69) is 10.4 Å². The molecule has 1 amide bonds. The fraction of sp³-hybridized carbons (Fsp3) is 0.348. The van der Waals surface area contributed by atoms with E-state index in [-0.39, 0.29) is 5.56 Å². The molecule has 1 heterocycles. The molecule has 8 heteroatoms. The zero-order chi connectivity index (χ0) is 22.4. The van der Waals surface area contributed by atoms with Crippen LogP contribution in [0, 0.1) is 0 Å². The monoisotopic (exact) mass is 425 g/mol. The SMILES string of the molecule is CCCCOC(=O)Nc1ccc(Cc2nn(C)c(=O)c3cc(OC)c(OC)cc23)cc1. The predicted molar refractivity (Wildman–Crippen MR) is 119 cm³/mol. The van der Waals surface area contributed by atoms with Crippen LogP contribution in [0.3, 0.4) is 0 Å². The van der Waals surface area contributed by atoms with Crippen LogP contribution in [0.4, 0.5) is 10.5 Å². The van der Waals surface area contributed by atoms with Gasteiger partial charge in [-0.15, -0.1) is 0 Å². The van der Waals surface area contributed by atoms with Crippen molar-refractivity contribution < 1.29 is 19.0 Å². The van der Waals surface area contributed by atoms with Gasteiger partial charge in [0.25, 0.3) is 5.56 Å². The van der Waals surface area contributed by atoms with Gasteiger partial charge in [0.15, 0.2) is 11.5 Å². The zero-order valence-electron chi connectivity index (χ0n) is 18.2. The third kappa shape index (κ3) is 5.14. The lowest BCUT2D eigenvalue weighted by molar-refractivity contribution is 0.160. The number of hydrogen-bond acceptors (Lipinski definition) is 6. The Balaban J connectivity index is 1.85. The molecule has 0 saturated carbocycles. The molecule has 0 radical (unpaired) electrons. The second kappa shape index (κ2) is 9.97. The van der Waals surface area contributed by atoms with Crippen LogP contribution in [0.15, 0.2) is 41.2 Å². The van der Waals surface area contributed by atoms with E-state index >= 15 is 0 Å². The maximum Gasteiger partial charge on any atom is 0.411 e. The summed E-state index contributed by atoms with van der Waals surface area (Å²) in [5.74, 6) is 1.03. The molecule has 0 aliphatic heterocycles. The number of nitrogens with one attached hydrogen (secondary N) is 1. The number of hydrogen-bond donors (Lipinski definition) is 1. The molecular formula is C23H27N3O5. The van der Waals surface area contributed by atoms with Crippen LogP contribution in [0.2, 0.25) is 0 Å². The Morgan fingerprint density at radius 1 is 1.06 bits per heavy atom. The van der Waals surface area contributed by atoms with Gasteiger partial charge in [-0.2, -0.15) is 5.10 Å². The summed E-state index contributed by atoms with van der Waals surface area (Å²) in [6, 6.07) is 10.9. The lowest BCUT2D eigenvalue weighted by Crippen LogP contribution is -2.21. The normalized spacial score (nSPS) is 10.7. The number of aryl methyl sites for hydroxylation is 1. The quantitative estimate of drug-likeness (QED) is 0.551. The highest BCUT2D eigenvalue weighted by atomic mass is 16.5. The van der Waals surface area contributed by atoms with E-state index in [1.165, 1.54) is 11.8 Å². The highest BCUT2D eigenvalue weighted by Crippen LogP contribution is 2.32. The topological polar surface area (TPSA) is 91.7 Å². The van der Waals surface area contributed by atoms with Gasteiger partial charge in [0.1, 0.15) is 0 Å². The van der Waals surface area contributed by atoms with Crippen molar-refractivity contribution in [3.63, 3.8) is 0 Å². The number of aromatic nitrogens is 2. The Labute approximate surface area is 180 Å². The van der Waals surface area contributed by atoms with Crippen molar-refractivity contribution >= 4 is 22.6 Å². The Kier molecular flexibility index (Phi) is 7.12. The highest BCUT2D eigenvalue weighted by Gasteiger charge is 2.15.